The van der Waals surface area contributed by atoms with Crippen LogP contribution in [-0.2, 0) is 0 Å². The normalized spacial score (nSPS) is 10.9. The number of nitrogens with zero attached hydrogens (tertiary/aromatic N) is 2. The summed E-state index contributed by atoms with van der Waals surface area (Å²) >= 11 is 0. The number of nitrogens with one attached hydrogen (secondary N) is 1. The number of aromatic amines is 1. The van der Waals surface area contributed by atoms with E-state index in [-0.39, 0.29) is 5.56 Å². The lowest BCUT2D eigenvalue weighted by atomic mass is 10.1. The smallest absolute Gasteiger partial charge is 0.267 e. The van der Waals surface area contributed by atoms with Gasteiger partial charge in [-0.2, -0.15) is 0 Å². The van der Waals surface area contributed by atoms with Gasteiger partial charge in [0.1, 0.15) is 0 Å². The highest BCUT2D eigenvalue weighted by atomic mass is 16.1. The Balaban J connectivity index is 2.40. The van der Waals surface area contributed by atoms with E-state index >= 15 is 0 Å². The number of hydrogen-bond donors (Lipinski definition) is 1. The molecule has 0 bridgehead atoms. The van der Waals surface area contributed by atoms with Crippen LogP contribution in [0.5, 0.6) is 0 Å². The van der Waals surface area contributed by atoms with Gasteiger partial charge in [0.05, 0.1) is 5.56 Å². The van der Waals surface area contributed by atoms with Crippen molar-refractivity contribution in [3.05, 3.63) is 58.6 Å². The van der Waals surface area contributed by atoms with Crippen molar-refractivity contribution in [2.45, 2.75) is 6.92 Å². The molecule has 0 amide bonds. The Hall–Kier alpha value is -2.36. The van der Waals surface area contributed by atoms with Crippen LogP contribution in [0, 0.1) is 6.92 Å². The standard InChI is InChI=1S/C13H11N3O/c1-9-7-8-16-12(14-9)11(13(17)15-16)10-5-3-2-4-6-10/h2-8H,1H3,(H,15,17). The van der Waals surface area contributed by atoms with E-state index in [1.807, 2.05) is 49.5 Å². The van der Waals surface area contributed by atoms with E-state index < -0.39 is 0 Å². The highest BCUT2D eigenvalue weighted by Gasteiger charge is 2.11. The average Bonchev–Trinajstić information content (AvgIpc) is 2.65. The van der Waals surface area contributed by atoms with Gasteiger partial charge in [0.25, 0.3) is 5.56 Å². The van der Waals surface area contributed by atoms with E-state index in [0.29, 0.717) is 11.2 Å². The first-order valence-electron chi connectivity index (χ1n) is 5.39. The van der Waals surface area contributed by atoms with Crippen LogP contribution in [0.25, 0.3) is 16.8 Å². The van der Waals surface area contributed by atoms with Crippen LogP contribution in [0.15, 0.2) is 47.4 Å². The van der Waals surface area contributed by atoms with E-state index in [4.69, 9.17) is 0 Å². The van der Waals surface area contributed by atoms with Crippen LogP contribution < -0.4 is 5.56 Å². The Bertz CT molecular complexity index is 725. The molecule has 0 atom stereocenters. The fourth-order valence-electron chi connectivity index (χ4n) is 1.91. The molecular formula is C13H11N3O. The number of fused-ring (bicyclic) bond motifs is 1. The molecule has 0 unspecified atom stereocenters. The van der Waals surface area contributed by atoms with Crippen molar-refractivity contribution in [3.8, 4) is 11.1 Å². The molecule has 2 heterocycles. The minimum atomic E-state index is -0.116. The first-order valence-corrected chi connectivity index (χ1v) is 5.39. The number of hydrogen-bond acceptors (Lipinski definition) is 2. The van der Waals surface area contributed by atoms with Crippen molar-refractivity contribution in [1.82, 2.24) is 14.6 Å². The number of H-pyrrole nitrogens is 1. The van der Waals surface area contributed by atoms with Crippen LogP contribution >= 0.6 is 0 Å². The SMILES string of the molecule is Cc1ccn2[nH]c(=O)c(-c3ccccc3)c2n1. The number of aryl methyl sites for hydroxylation is 1. The largest absolute Gasteiger partial charge is 0.274 e. The van der Waals surface area contributed by atoms with Gasteiger partial charge in [-0.05, 0) is 18.6 Å². The Morgan fingerprint density at radius 3 is 2.71 bits per heavy atom. The van der Waals surface area contributed by atoms with Crippen molar-refractivity contribution < 1.29 is 0 Å². The summed E-state index contributed by atoms with van der Waals surface area (Å²) in [6, 6.07) is 11.4. The second-order valence-electron chi connectivity index (χ2n) is 3.94. The highest BCUT2D eigenvalue weighted by Crippen LogP contribution is 2.19. The molecule has 0 fully saturated rings. The maximum Gasteiger partial charge on any atom is 0.274 e. The fourth-order valence-corrected chi connectivity index (χ4v) is 1.91. The molecule has 4 nitrogen and oxygen atoms in total. The van der Waals surface area contributed by atoms with Crippen LogP contribution in [-0.4, -0.2) is 14.6 Å². The molecule has 1 aromatic carbocycles. The molecule has 2 aromatic heterocycles. The van der Waals surface area contributed by atoms with E-state index in [1.54, 1.807) is 4.52 Å². The van der Waals surface area contributed by atoms with Gasteiger partial charge in [0, 0.05) is 11.9 Å². The highest BCUT2D eigenvalue weighted by molar-refractivity contribution is 5.76. The van der Waals surface area contributed by atoms with Gasteiger partial charge in [-0.25, -0.2) is 9.50 Å². The number of aromatic nitrogens is 3. The van der Waals surface area contributed by atoms with Crippen LogP contribution in [0.4, 0.5) is 0 Å². The minimum absolute atomic E-state index is 0.116. The van der Waals surface area contributed by atoms with Gasteiger partial charge >= 0.3 is 0 Å². The maximum atomic E-state index is 11.9. The van der Waals surface area contributed by atoms with Gasteiger partial charge in [-0.1, -0.05) is 30.3 Å². The Morgan fingerprint density at radius 1 is 1.18 bits per heavy atom. The molecule has 17 heavy (non-hydrogen) atoms. The van der Waals surface area contributed by atoms with Gasteiger partial charge in [-0.15, -0.1) is 0 Å². The Labute approximate surface area is 97.5 Å². The molecule has 0 saturated heterocycles. The zero-order valence-electron chi connectivity index (χ0n) is 9.34. The van der Waals surface area contributed by atoms with E-state index in [0.717, 1.165) is 11.3 Å². The number of rotatable bonds is 1. The molecule has 0 spiro atoms. The van der Waals surface area contributed by atoms with Gasteiger partial charge in [0.2, 0.25) is 0 Å². The van der Waals surface area contributed by atoms with Crippen LogP contribution in [0.3, 0.4) is 0 Å². The van der Waals surface area contributed by atoms with E-state index in [1.165, 1.54) is 0 Å². The molecule has 3 rings (SSSR count). The van der Waals surface area contributed by atoms with E-state index in [9.17, 15) is 4.79 Å². The van der Waals surface area contributed by atoms with E-state index in [2.05, 4.69) is 10.1 Å². The lowest BCUT2D eigenvalue weighted by Gasteiger charge is -1.98. The molecule has 0 aliphatic rings. The molecule has 84 valence electrons. The lowest BCUT2D eigenvalue weighted by Crippen LogP contribution is -2.02. The van der Waals surface area contributed by atoms with Crippen molar-refractivity contribution in [2.24, 2.45) is 0 Å². The summed E-state index contributed by atoms with van der Waals surface area (Å²) in [4.78, 5) is 16.3. The Morgan fingerprint density at radius 2 is 1.94 bits per heavy atom. The summed E-state index contributed by atoms with van der Waals surface area (Å²) in [5, 5.41) is 2.75. The third kappa shape index (κ3) is 1.54. The monoisotopic (exact) mass is 225 g/mol. The molecule has 1 N–H and O–H groups in total. The quantitative estimate of drug-likeness (QED) is 0.688. The predicted molar refractivity (Wildman–Crippen MR) is 66.0 cm³/mol. The van der Waals surface area contributed by atoms with Crippen molar-refractivity contribution in [2.75, 3.05) is 0 Å². The molecule has 0 radical (unpaired) electrons. The topological polar surface area (TPSA) is 50.2 Å². The minimum Gasteiger partial charge on any atom is -0.267 e. The third-order valence-corrected chi connectivity index (χ3v) is 2.71. The second kappa shape index (κ2) is 3.59. The summed E-state index contributed by atoms with van der Waals surface area (Å²) in [5.41, 5.74) is 2.94. The fraction of sp³-hybridized carbons (Fsp3) is 0.0769. The first-order chi connectivity index (χ1) is 8.25. The zero-order chi connectivity index (χ0) is 11.8. The van der Waals surface area contributed by atoms with Gasteiger partial charge in [-0.3, -0.25) is 9.89 Å². The molecule has 3 aromatic rings. The zero-order valence-corrected chi connectivity index (χ0v) is 9.34. The first kappa shape index (κ1) is 9.84. The van der Waals surface area contributed by atoms with Crippen molar-refractivity contribution in [1.29, 1.82) is 0 Å². The maximum absolute atomic E-state index is 11.9. The molecule has 0 aliphatic heterocycles. The molecule has 0 aliphatic carbocycles. The third-order valence-electron chi connectivity index (χ3n) is 2.71. The van der Waals surface area contributed by atoms with Crippen LogP contribution in [0.2, 0.25) is 0 Å². The number of benzene rings is 1. The Kier molecular flexibility index (Phi) is 2.08. The molecule has 0 saturated carbocycles. The second-order valence-corrected chi connectivity index (χ2v) is 3.94. The average molecular weight is 225 g/mol. The summed E-state index contributed by atoms with van der Waals surface area (Å²) in [7, 11) is 0. The summed E-state index contributed by atoms with van der Waals surface area (Å²) < 4.78 is 1.65. The summed E-state index contributed by atoms with van der Waals surface area (Å²) in [5.74, 6) is 0. The predicted octanol–water partition coefficient (Wildman–Crippen LogP) is 2.00. The summed E-state index contributed by atoms with van der Waals surface area (Å²) in [6.45, 7) is 1.91. The molecular weight excluding hydrogens is 214 g/mol. The van der Waals surface area contributed by atoms with Gasteiger partial charge in [0.15, 0.2) is 5.65 Å². The lowest BCUT2D eigenvalue weighted by molar-refractivity contribution is 0.912. The van der Waals surface area contributed by atoms with Crippen molar-refractivity contribution in [3.63, 3.8) is 0 Å². The van der Waals surface area contributed by atoms with Crippen LogP contribution in [0.1, 0.15) is 5.69 Å². The van der Waals surface area contributed by atoms with Gasteiger partial charge < -0.3 is 0 Å². The molecule has 4 heteroatoms. The van der Waals surface area contributed by atoms with Crippen molar-refractivity contribution >= 4 is 5.65 Å². The summed E-state index contributed by atoms with van der Waals surface area (Å²) in [6.07, 6.45) is 1.81.